The van der Waals surface area contributed by atoms with Gasteiger partial charge in [-0.3, -0.25) is 9.69 Å². The van der Waals surface area contributed by atoms with Crippen LogP contribution < -0.4 is 10.1 Å². The molecule has 0 radical (unpaired) electrons. The van der Waals surface area contributed by atoms with Crippen LogP contribution in [-0.2, 0) is 36.8 Å². The second-order valence-corrected chi connectivity index (χ2v) is 10.3. The lowest BCUT2D eigenvalue weighted by Gasteiger charge is -2.48. The lowest BCUT2D eigenvalue weighted by molar-refractivity contribution is -0.342. The molecule has 14 heteroatoms. The Morgan fingerprint density at radius 1 is 1.05 bits per heavy atom. The molecule has 0 aliphatic carbocycles. The van der Waals surface area contributed by atoms with E-state index in [0.717, 1.165) is 12.5 Å². The molecule has 236 valence electrons. The number of nitrogens with one attached hydrogen (secondary N) is 1. The minimum Gasteiger partial charge on any atom is -0.478 e. The van der Waals surface area contributed by atoms with Crippen molar-refractivity contribution >= 4 is 18.0 Å². The van der Waals surface area contributed by atoms with Crippen molar-refractivity contribution in [3.8, 4) is 5.75 Å². The Morgan fingerprint density at radius 3 is 2.37 bits per heavy atom. The number of hydrogen-bond donors (Lipinski definition) is 5. The van der Waals surface area contributed by atoms with E-state index in [2.05, 4.69) is 0 Å². The van der Waals surface area contributed by atoms with Gasteiger partial charge in [-0.1, -0.05) is 48.5 Å². The van der Waals surface area contributed by atoms with Crippen LogP contribution in [0, 0.1) is 0 Å². The standard InChI is InChI=1S/C29H39N3O11/c1-20(33)30-28(26(36)37)25(35)29(39,24(34)18-42-28)43-23-12-8-7-11-22(23)17-41-27(38)32(15-14-31(2)3)19-40-16-13-21-9-5-4-6-10-21/h4-12,24-25,34-35,39H,13-19H2,1-3H3,(H,30,33)(H,36,37). The van der Waals surface area contributed by atoms with Crippen molar-refractivity contribution < 1.29 is 53.8 Å². The third kappa shape index (κ3) is 8.63. The average molecular weight is 606 g/mol. The van der Waals surface area contributed by atoms with Gasteiger partial charge in [-0.2, -0.15) is 0 Å². The molecule has 1 aliphatic rings. The molecule has 2 amide bonds. The van der Waals surface area contributed by atoms with Gasteiger partial charge in [0, 0.05) is 25.6 Å². The zero-order valence-corrected chi connectivity index (χ0v) is 24.3. The second-order valence-electron chi connectivity index (χ2n) is 10.3. The number of amides is 2. The molecule has 14 nitrogen and oxygen atoms in total. The number of carboxylic acid groups (broad SMARTS) is 1. The molecular weight excluding hydrogens is 566 g/mol. The predicted octanol–water partition coefficient (Wildman–Crippen LogP) is 0.140. The zero-order valence-electron chi connectivity index (χ0n) is 24.3. The number of rotatable bonds is 14. The maximum absolute atomic E-state index is 13.0. The molecule has 3 rings (SSSR count). The third-order valence-corrected chi connectivity index (χ3v) is 6.70. The molecule has 1 saturated heterocycles. The van der Waals surface area contributed by atoms with Crippen LogP contribution in [0.2, 0.25) is 0 Å². The SMILES string of the molecule is CC(=O)NC1(C(=O)O)OCC(O)C(O)(Oc2ccccc2COC(=O)N(CCN(C)C)COCCc2ccccc2)C1O. The number of nitrogens with zero attached hydrogens (tertiary/aromatic N) is 2. The maximum atomic E-state index is 13.0. The number of aliphatic hydroxyl groups is 3. The van der Waals surface area contributed by atoms with Gasteiger partial charge in [0.1, 0.15) is 25.2 Å². The summed E-state index contributed by atoms with van der Waals surface area (Å²) >= 11 is 0. The first-order chi connectivity index (χ1) is 20.4. The van der Waals surface area contributed by atoms with Crippen LogP contribution in [0.1, 0.15) is 18.1 Å². The van der Waals surface area contributed by atoms with Gasteiger partial charge >= 0.3 is 12.1 Å². The normalized spacial score (nSPS) is 23.4. The predicted molar refractivity (Wildman–Crippen MR) is 151 cm³/mol. The molecule has 0 saturated carbocycles. The molecule has 43 heavy (non-hydrogen) atoms. The van der Waals surface area contributed by atoms with Crippen molar-refractivity contribution in [1.82, 2.24) is 15.1 Å². The van der Waals surface area contributed by atoms with Crippen molar-refractivity contribution in [2.45, 2.75) is 43.7 Å². The maximum Gasteiger partial charge on any atom is 0.411 e. The number of para-hydroxylation sites is 1. The Bertz CT molecular complexity index is 1230. The molecule has 1 fully saturated rings. The smallest absolute Gasteiger partial charge is 0.411 e. The number of carbonyl (C=O) groups excluding carboxylic acids is 2. The van der Waals surface area contributed by atoms with Crippen molar-refractivity contribution in [3.63, 3.8) is 0 Å². The summed E-state index contributed by atoms with van der Waals surface area (Å²) in [7, 11) is 3.73. The summed E-state index contributed by atoms with van der Waals surface area (Å²) in [6.07, 6.45) is -4.42. The highest BCUT2D eigenvalue weighted by Crippen LogP contribution is 2.35. The fourth-order valence-electron chi connectivity index (χ4n) is 4.27. The van der Waals surface area contributed by atoms with Crippen LogP contribution in [0.5, 0.6) is 5.75 Å². The van der Waals surface area contributed by atoms with Gasteiger partial charge in [0.05, 0.1) is 13.2 Å². The van der Waals surface area contributed by atoms with Crippen molar-refractivity contribution in [1.29, 1.82) is 0 Å². The first-order valence-electron chi connectivity index (χ1n) is 13.6. The molecule has 1 heterocycles. The summed E-state index contributed by atoms with van der Waals surface area (Å²) in [5, 5.41) is 44.3. The Labute approximate surface area is 249 Å². The molecule has 2 aromatic rings. The van der Waals surface area contributed by atoms with E-state index in [9.17, 15) is 34.8 Å². The summed E-state index contributed by atoms with van der Waals surface area (Å²) in [6, 6.07) is 15.8. The van der Waals surface area contributed by atoms with Crippen molar-refractivity contribution in [3.05, 3.63) is 65.7 Å². The molecule has 5 N–H and O–H groups in total. The van der Waals surface area contributed by atoms with Gasteiger partial charge in [0.15, 0.2) is 6.10 Å². The summed E-state index contributed by atoms with van der Waals surface area (Å²) in [4.78, 5) is 40.0. The number of ether oxygens (including phenoxy) is 4. The lowest BCUT2D eigenvalue weighted by atomic mass is 9.90. The molecule has 0 bridgehead atoms. The lowest BCUT2D eigenvalue weighted by Crippen LogP contribution is -2.78. The van der Waals surface area contributed by atoms with Gasteiger partial charge in [-0.05, 0) is 32.1 Å². The van der Waals surface area contributed by atoms with Gasteiger partial charge < -0.3 is 49.6 Å². The molecule has 0 spiro atoms. The van der Waals surface area contributed by atoms with Crippen LogP contribution in [0.25, 0.3) is 0 Å². The molecule has 1 aliphatic heterocycles. The number of benzene rings is 2. The molecule has 4 atom stereocenters. The van der Waals surface area contributed by atoms with E-state index in [0.29, 0.717) is 26.1 Å². The molecule has 0 aromatic heterocycles. The van der Waals surface area contributed by atoms with Crippen LogP contribution >= 0.6 is 0 Å². The highest BCUT2D eigenvalue weighted by atomic mass is 16.7. The highest BCUT2D eigenvalue weighted by molar-refractivity contribution is 5.85. The number of aliphatic hydroxyl groups excluding tert-OH is 2. The van der Waals surface area contributed by atoms with Gasteiger partial charge in [-0.15, -0.1) is 0 Å². The average Bonchev–Trinajstić information content (AvgIpc) is 2.97. The Kier molecular flexibility index (Phi) is 11.8. The van der Waals surface area contributed by atoms with Crippen LogP contribution in [0.3, 0.4) is 0 Å². The number of hydrogen-bond acceptors (Lipinski definition) is 11. The zero-order chi connectivity index (χ0) is 31.6. The molecule has 4 unspecified atom stereocenters. The Morgan fingerprint density at radius 2 is 1.72 bits per heavy atom. The van der Waals surface area contributed by atoms with Crippen LogP contribution in [0.15, 0.2) is 54.6 Å². The minimum absolute atomic E-state index is 0.0176. The topological polar surface area (TPSA) is 188 Å². The van der Waals surface area contributed by atoms with Crippen LogP contribution in [-0.4, -0.2) is 119 Å². The van der Waals surface area contributed by atoms with Gasteiger partial charge in [-0.25, -0.2) is 9.59 Å². The highest BCUT2D eigenvalue weighted by Gasteiger charge is 2.65. The van der Waals surface area contributed by atoms with Gasteiger partial charge in [0.25, 0.3) is 11.5 Å². The van der Waals surface area contributed by atoms with E-state index in [1.807, 2.05) is 54.6 Å². The fraction of sp³-hybridized carbons (Fsp3) is 0.483. The minimum atomic E-state index is -2.94. The van der Waals surface area contributed by atoms with E-state index < -0.39 is 48.3 Å². The largest absolute Gasteiger partial charge is 0.478 e. The number of carbonyl (C=O) groups is 3. The number of likely N-dealkylation sites (N-methyl/N-ethyl adjacent to an activating group) is 1. The molecular formula is C29H39N3O11. The summed E-state index contributed by atoms with van der Waals surface area (Å²) < 4.78 is 21.9. The van der Waals surface area contributed by atoms with E-state index >= 15 is 0 Å². The summed E-state index contributed by atoms with van der Waals surface area (Å²) in [5.41, 5.74) is -1.48. The first kappa shape index (κ1) is 33.7. The Hall–Kier alpha value is -3.79. The summed E-state index contributed by atoms with van der Waals surface area (Å²) in [5.74, 6) is -5.77. The second kappa shape index (κ2) is 15.1. The number of carboxylic acids is 1. The quantitative estimate of drug-likeness (QED) is 0.145. The first-order valence-corrected chi connectivity index (χ1v) is 13.6. The van der Waals surface area contributed by atoms with E-state index in [1.165, 1.54) is 23.1 Å². The number of aliphatic carboxylic acids is 1. The third-order valence-electron chi connectivity index (χ3n) is 6.70. The van der Waals surface area contributed by atoms with Crippen molar-refractivity contribution in [2.24, 2.45) is 0 Å². The van der Waals surface area contributed by atoms with E-state index in [-0.39, 0.29) is 24.7 Å². The van der Waals surface area contributed by atoms with Crippen molar-refractivity contribution in [2.75, 3.05) is 47.1 Å². The Balaban J connectivity index is 1.70. The van der Waals surface area contributed by atoms with Crippen LogP contribution in [0.4, 0.5) is 4.79 Å². The monoisotopic (exact) mass is 605 g/mol. The summed E-state index contributed by atoms with van der Waals surface area (Å²) in [6.45, 7) is 1.07. The molecule has 2 aromatic carbocycles. The van der Waals surface area contributed by atoms with Gasteiger partial charge in [0.2, 0.25) is 5.91 Å². The fourth-order valence-corrected chi connectivity index (χ4v) is 4.27. The van der Waals surface area contributed by atoms with E-state index in [1.54, 1.807) is 6.07 Å². The van der Waals surface area contributed by atoms with E-state index in [4.69, 9.17) is 18.9 Å².